The Balaban J connectivity index is 1.27. The van der Waals surface area contributed by atoms with Gasteiger partial charge in [-0.3, -0.25) is 9.36 Å². The van der Waals surface area contributed by atoms with Gasteiger partial charge in [0.05, 0.1) is 36.1 Å². The van der Waals surface area contributed by atoms with Crippen molar-refractivity contribution in [2.75, 3.05) is 14.2 Å². The minimum absolute atomic E-state index is 0.106. The second kappa shape index (κ2) is 11.5. The molecule has 7 rings (SSSR count). The Morgan fingerprint density at radius 2 is 1.59 bits per heavy atom. The van der Waals surface area contributed by atoms with Gasteiger partial charge in [-0.2, -0.15) is 0 Å². The number of allylic oxidation sites excluding steroid dienone is 1. The van der Waals surface area contributed by atoms with Crippen molar-refractivity contribution in [1.29, 1.82) is 0 Å². The van der Waals surface area contributed by atoms with E-state index in [1.165, 1.54) is 16.9 Å². The summed E-state index contributed by atoms with van der Waals surface area (Å²) in [6.07, 6.45) is 3.55. The average molecular weight is 601 g/mol. The molecule has 44 heavy (non-hydrogen) atoms. The number of carbonyl (C=O) groups excluding carboxylic acids is 1. The zero-order valence-corrected chi connectivity index (χ0v) is 25.0. The predicted octanol–water partition coefficient (Wildman–Crippen LogP) is 5.56. The molecular weight excluding hydrogens is 572 g/mol. The van der Waals surface area contributed by atoms with E-state index in [2.05, 4.69) is 18.2 Å². The number of aryl methyl sites for hydroxylation is 1. The highest BCUT2D eigenvalue weighted by Gasteiger charge is 2.34. The number of hydrogen-bond donors (Lipinski definition) is 0. The second-order valence-corrected chi connectivity index (χ2v) is 11.6. The number of thiazole rings is 1. The Hall–Kier alpha value is -5.21. The maximum atomic E-state index is 14.1. The monoisotopic (exact) mass is 600 g/mol. The summed E-state index contributed by atoms with van der Waals surface area (Å²) >= 11 is 1.37. The number of methoxy groups -OCH3 is 2. The van der Waals surface area contributed by atoms with Crippen LogP contribution in [0.4, 0.5) is 0 Å². The van der Waals surface area contributed by atoms with Crippen LogP contribution >= 0.6 is 11.3 Å². The van der Waals surface area contributed by atoms with E-state index in [4.69, 9.17) is 19.2 Å². The number of nitrogens with zero attached hydrogens (tertiary/aromatic N) is 2. The van der Waals surface area contributed by atoms with Crippen LogP contribution in [-0.4, -0.2) is 24.8 Å². The maximum absolute atomic E-state index is 14.1. The van der Waals surface area contributed by atoms with Gasteiger partial charge in [-0.25, -0.2) is 9.79 Å². The summed E-state index contributed by atoms with van der Waals surface area (Å²) in [5, 5.41) is 0. The molecule has 2 aliphatic rings. The first-order chi connectivity index (χ1) is 21.5. The minimum atomic E-state index is -0.462. The Morgan fingerprint density at radius 3 is 2.36 bits per heavy atom. The summed E-state index contributed by atoms with van der Waals surface area (Å²) in [5.74, 6) is 1.34. The smallest absolute Gasteiger partial charge is 0.343 e. The fourth-order valence-corrected chi connectivity index (χ4v) is 6.87. The molecule has 4 aromatic carbocycles. The molecule has 0 radical (unpaired) electrons. The van der Waals surface area contributed by atoms with Crippen LogP contribution in [0.3, 0.4) is 0 Å². The standard InChI is InChI=1S/C36H28N2O5S/c1-41-25-18-13-24(14-19-25)35(40)43-26-16-11-22(12-17-26)21-31-34(39)38-33(28-9-5-6-10-30(28)42-2)29-20-15-23-7-3-4-8-27(23)32(29)37-36(38)44-31/h3-14,16-19,21,33H,15,20H2,1-2H3/b31-21-/t33-/m0/s1. The highest BCUT2D eigenvalue weighted by Crippen LogP contribution is 2.43. The van der Waals surface area contributed by atoms with Crippen LogP contribution in [-0.2, 0) is 6.42 Å². The number of fused-ring (bicyclic) bond motifs is 3. The van der Waals surface area contributed by atoms with Gasteiger partial charge < -0.3 is 14.2 Å². The number of rotatable bonds is 6. The summed E-state index contributed by atoms with van der Waals surface area (Å²) < 4.78 is 18.8. The molecule has 0 fully saturated rings. The van der Waals surface area contributed by atoms with Gasteiger partial charge in [0, 0.05) is 11.1 Å². The summed E-state index contributed by atoms with van der Waals surface area (Å²) in [6, 6.07) is 29.8. The summed E-state index contributed by atoms with van der Waals surface area (Å²) in [5.41, 5.74) is 6.51. The first kappa shape index (κ1) is 27.6. The summed E-state index contributed by atoms with van der Waals surface area (Å²) in [4.78, 5) is 32.4. The van der Waals surface area contributed by atoms with E-state index < -0.39 is 5.97 Å². The SMILES string of the molecule is COc1ccc(C(=O)Oc2ccc(/C=c3\sc4n(c3=O)[C@@H](c3ccccc3OC)C3=C(N=4)c4ccccc4CC3)cc2)cc1. The first-order valence-electron chi connectivity index (χ1n) is 14.3. The normalized spacial score (nSPS) is 15.5. The first-order valence-corrected chi connectivity index (χ1v) is 15.1. The van der Waals surface area contributed by atoms with Crippen LogP contribution in [0.15, 0.2) is 112 Å². The van der Waals surface area contributed by atoms with Gasteiger partial charge in [0.15, 0.2) is 4.80 Å². The molecule has 0 spiro atoms. The predicted molar refractivity (Wildman–Crippen MR) is 170 cm³/mol. The Labute approximate surface area is 257 Å². The second-order valence-electron chi connectivity index (χ2n) is 10.5. The van der Waals surface area contributed by atoms with E-state index in [1.54, 1.807) is 50.6 Å². The molecule has 0 saturated heterocycles. The molecule has 1 atom stereocenters. The van der Waals surface area contributed by atoms with Crippen molar-refractivity contribution in [1.82, 2.24) is 4.57 Å². The molecule has 8 heteroatoms. The summed E-state index contributed by atoms with van der Waals surface area (Å²) in [6.45, 7) is 0. The van der Waals surface area contributed by atoms with Crippen molar-refractivity contribution in [3.8, 4) is 17.2 Å². The van der Waals surface area contributed by atoms with Gasteiger partial charge in [-0.15, -0.1) is 0 Å². The van der Waals surface area contributed by atoms with Crippen molar-refractivity contribution in [3.05, 3.63) is 150 Å². The Morgan fingerprint density at radius 1 is 0.864 bits per heavy atom. The quantitative estimate of drug-likeness (QED) is 0.189. The van der Waals surface area contributed by atoms with Crippen LogP contribution in [0.5, 0.6) is 17.2 Å². The molecule has 1 aliphatic carbocycles. The van der Waals surface area contributed by atoms with E-state index in [0.717, 1.165) is 46.6 Å². The third-order valence-electron chi connectivity index (χ3n) is 8.02. The van der Waals surface area contributed by atoms with Crippen molar-refractivity contribution in [3.63, 3.8) is 0 Å². The number of ether oxygens (including phenoxy) is 3. The van der Waals surface area contributed by atoms with Gasteiger partial charge in [-0.1, -0.05) is 65.9 Å². The zero-order chi connectivity index (χ0) is 30.2. The van der Waals surface area contributed by atoms with E-state index in [-0.39, 0.29) is 11.6 Å². The topological polar surface area (TPSA) is 79.1 Å². The zero-order valence-electron chi connectivity index (χ0n) is 24.2. The van der Waals surface area contributed by atoms with Gasteiger partial charge in [0.2, 0.25) is 0 Å². The maximum Gasteiger partial charge on any atom is 0.343 e. The van der Waals surface area contributed by atoms with Crippen molar-refractivity contribution in [2.24, 2.45) is 4.99 Å². The van der Waals surface area contributed by atoms with Gasteiger partial charge in [0.1, 0.15) is 17.2 Å². The molecule has 218 valence electrons. The molecule has 5 aromatic rings. The molecule has 2 heterocycles. The lowest BCUT2D eigenvalue weighted by atomic mass is 9.83. The van der Waals surface area contributed by atoms with Gasteiger partial charge in [0.25, 0.3) is 5.56 Å². The molecule has 1 aromatic heterocycles. The molecular formula is C36H28N2O5S. The lowest BCUT2D eigenvalue weighted by Gasteiger charge is -2.31. The highest BCUT2D eigenvalue weighted by molar-refractivity contribution is 7.07. The fraction of sp³-hybridized carbons (Fsp3) is 0.139. The lowest BCUT2D eigenvalue weighted by molar-refractivity contribution is 0.0734. The Bertz CT molecular complexity index is 2110. The molecule has 0 amide bonds. The molecule has 0 unspecified atom stereocenters. The van der Waals surface area contributed by atoms with E-state index in [0.29, 0.717) is 26.4 Å². The van der Waals surface area contributed by atoms with Gasteiger partial charge >= 0.3 is 5.97 Å². The lowest BCUT2D eigenvalue weighted by Crippen LogP contribution is -2.38. The van der Waals surface area contributed by atoms with Crippen molar-refractivity contribution in [2.45, 2.75) is 18.9 Å². The van der Waals surface area contributed by atoms with Crippen LogP contribution in [0.25, 0.3) is 11.8 Å². The van der Waals surface area contributed by atoms with Gasteiger partial charge in [-0.05, 0) is 78.1 Å². The summed E-state index contributed by atoms with van der Waals surface area (Å²) in [7, 11) is 3.23. The molecule has 0 bridgehead atoms. The highest BCUT2D eigenvalue weighted by atomic mass is 32.1. The van der Waals surface area contributed by atoms with Crippen molar-refractivity contribution < 1.29 is 19.0 Å². The van der Waals surface area contributed by atoms with Crippen LogP contribution in [0.2, 0.25) is 0 Å². The van der Waals surface area contributed by atoms with Crippen molar-refractivity contribution >= 4 is 29.1 Å². The average Bonchev–Trinajstić information content (AvgIpc) is 3.38. The third kappa shape index (κ3) is 4.93. The fourth-order valence-electron chi connectivity index (χ4n) is 5.87. The molecule has 0 saturated carbocycles. The number of para-hydroxylation sites is 1. The Kier molecular flexibility index (Phi) is 7.20. The molecule has 0 N–H and O–H groups in total. The van der Waals surface area contributed by atoms with Crippen LogP contribution < -0.4 is 29.1 Å². The largest absolute Gasteiger partial charge is 0.497 e. The molecule has 1 aliphatic heterocycles. The van der Waals surface area contributed by atoms with E-state index in [9.17, 15) is 9.59 Å². The number of aromatic nitrogens is 1. The number of esters is 1. The van der Waals surface area contributed by atoms with Crippen LogP contribution in [0.1, 0.15) is 45.1 Å². The minimum Gasteiger partial charge on any atom is -0.497 e. The number of hydrogen-bond acceptors (Lipinski definition) is 7. The van der Waals surface area contributed by atoms with E-state index >= 15 is 0 Å². The van der Waals surface area contributed by atoms with E-state index in [1.807, 2.05) is 53.1 Å². The van der Waals surface area contributed by atoms with Crippen LogP contribution in [0, 0.1) is 0 Å². The number of carbonyl (C=O) groups is 1. The molecule has 7 nitrogen and oxygen atoms in total. The third-order valence-corrected chi connectivity index (χ3v) is 9.00. The number of benzene rings is 4.